The molecule has 0 fully saturated rings. The summed E-state index contributed by atoms with van der Waals surface area (Å²) in [6.07, 6.45) is -0.611. The maximum atomic E-state index is 9.75. The summed E-state index contributed by atoms with van der Waals surface area (Å²) in [4.78, 5) is 0. The van der Waals surface area contributed by atoms with E-state index in [1.165, 1.54) is 0 Å². The Balaban J connectivity index is 2.25. The lowest BCUT2D eigenvalue weighted by Gasteiger charge is -2.15. The van der Waals surface area contributed by atoms with Gasteiger partial charge in [-0.15, -0.1) is 0 Å². The minimum Gasteiger partial charge on any atom is -0.488 e. The highest BCUT2D eigenvalue weighted by molar-refractivity contribution is 9.10. The molecule has 2 rings (SSSR count). The lowest BCUT2D eigenvalue weighted by Crippen LogP contribution is -2.02. The quantitative estimate of drug-likeness (QED) is 0.776. The maximum Gasteiger partial charge on any atom is 0.126 e. The molecule has 0 aliphatic heterocycles. The Bertz CT molecular complexity index is 595. The number of hydrogen-bond acceptors (Lipinski definition) is 2. The van der Waals surface area contributed by atoms with Crippen LogP contribution >= 0.6 is 39.1 Å². The molecule has 0 spiro atoms. The molecule has 0 aliphatic rings. The fourth-order valence-electron chi connectivity index (χ4n) is 1.80. The zero-order chi connectivity index (χ0) is 14.7. The van der Waals surface area contributed by atoms with Crippen LogP contribution in [-0.2, 0) is 6.61 Å². The predicted molar refractivity (Wildman–Crippen MR) is 85.6 cm³/mol. The van der Waals surface area contributed by atoms with Crippen molar-refractivity contribution in [3.05, 3.63) is 62.0 Å². The molecule has 0 radical (unpaired) electrons. The molecule has 0 heterocycles. The van der Waals surface area contributed by atoms with Gasteiger partial charge in [-0.2, -0.15) is 0 Å². The third-order valence-corrected chi connectivity index (χ3v) is 4.06. The molecule has 1 N–H and O–H groups in total. The van der Waals surface area contributed by atoms with Gasteiger partial charge in [-0.05, 0) is 31.2 Å². The second-order valence-electron chi connectivity index (χ2n) is 4.35. The van der Waals surface area contributed by atoms with Crippen molar-refractivity contribution in [3.63, 3.8) is 0 Å². The van der Waals surface area contributed by atoms with Crippen molar-refractivity contribution in [2.75, 3.05) is 0 Å². The van der Waals surface area contributed by atoms with Crippen LogP contribution < -0.4 is 4.74 Å². The maximum absolute atomic E-state index is 9.75. The smallest absolute Gasteiger partial charge is 0.126 e. The summed E-state index contributed by atoms with van der Waals surface area (Å²) < 4.78 is 6.65. The van der Waals surface area contributed by atoms with Gasteiger partial charge in [0.1, 0.15) is 12.4 Å². The Labute approximate surface area is 136 Å². The van der Waals surface area contributed by atoms with E-state index in [1.54, 1.807) is 25.1 Å². The zero-order valence-electron chi connectivity index (χ0n) is 10.7. The molecule has 2 aromatic rings. The average Bonchev–Trinajstić information content (AvgIpc) is 2.37. The molecule has 0 bridgehead atoms. The van der Waals surface area contributed by atoms with E-state index < -0.39 is 6.10 Å². The summed E-state index contributed by atoms with van der Waals surface area (Å²) >= 11 is 15.6. The Morgan fingerprint density at radius 1 is 1.20 bits per heavy atom. The van der Waals surface area contributed by atoms with E-state index in [0.717, 1.165) is 15.6 Å². The number of hydrogen-bond donors (Lipinski definition) is 1. The SMILES string of the molecule is C[C@H](O)c1ccc(Br)cc1OCc1c(Cl)cccc1Cl. The number of aliphatic hydroxyl groups excluding tert-OH is 1. The van der Waals surface area contributed by atoms with E-state index in [0.29, 0.717) is 15.8 Å². The molecule has 106 valence electrons. The summed E-state index contributed by atoms with van der Waals surface area (Å²) in [6.45, 7) is 1.94. The molecule has 0 amide bonds. The van der Waals surface area contributed by atoms with Crippen molar-refractivity contribution in [3.8, 4) is 5.75 Å². The highest BCUT2D eigenvalue weighted by Gasteiger charge is 2.12. The molecular weight excluding hydrogens is 363 g/mol. The van der Waals surface area contributed by atoms with Crippen LogP contribution in [0.3, 0.4) is 0 Å². The summed E-state index contributed by atoms with van der Waals surface area (Å²) in [7, 11) is 0. The normalized spacial score (nSPS) is 12.2. The highest BCUT2D eigenvalue weighted by Crippen LogP contribution is 2.31. The van der Waals surface area contributed by atoms with Crippen molar-refractivity contribution in [1.29, 1.82) is 0 Å². The van der Waals surface area contributed by atoms with Gasteiger partial charge in [0.25, 0.3) is 0 Å². The Morgan fingerprint density at radius 2 is 1.85 bits per heavy atom. The lowest BCUT2D eigenvalue weighted by atomic mass is 10.1. The number of halogens is 3. The van der Waals surface area contributed by atoms with Crippen LogP contribution in [0.4, 0.5) is 0 Å². The first-order valence-electron chi connectivity index (χ1n) is 6.02. The Morgan fingerprint density at radius 3 is 2.45 bits per heavy atom. The van der Waals surface area contributed by atoms with Crippen LogP contribution in [0.5, 0.6) is 5.75 Å². The molecule has 0 aliphatic carbocycles. The van der Waals surface area contributed by atoms with Gasteiger partial charge in [0.05, 0.1) is 6.10 Å². The van der Waals surface area contributed by atoms with E-state index in [2.05, 4.69) is 15.9 Å². The first kappa shape index (κ1) is 15.6. The molecule has 5 heteroatoms. The Kier molecular flexibility index (Phi) is 5.33. The first-order valence-corrected chi connectivity index (χ1v) is 7.57. The fraction of sp³-hybridized carbons (Fsp3) is 0.200. The van der Waals surface area contributed by atoms with Crippen molar-refractivity contribution in [1.82, 2.24) is 0 Å². The largest absolute Gasteiger partial charge is 0.488 e. The number of ether oxygens (including phenoxy) is 1. The molecule has 0 saturated heterocycles. The van der Waals surface area contributed by atoms with E-state index in [4.69, 9.17) is 27.9 Å². The van der Waals surface area contributed by atoms with E-state index in [-0.39, 0.29) is 6.61 Å². The molecule has 20 heavy (non-hydrogen) atoms. The summed E-state index contributed by atoms with van der Waals surface area (Å²) in [5, 5.41) is 10.9. The Hall–Kier alpha value is -0.740. The van der Waals surface area contributed by atoms with Crippen molar-refractivity contribution in [2.45, 2.75) is 19.6 Å². The van der Waals surface area contributed by atoms with Gasteiger partial charge >= 0.3 is 0 Å². The van der Waals surface area contributed by atoms with Crippen LogP contribution in [0.1, 0.15) is 24.2 Å². The minimum absolute atomic E-state index is 0.245. The van der Waals surface area contributed by atoms with E-state index >= 15 is 0 Å². The van der Waals surface area contributed by atoms with Crippen molar-refractivity contribution < 1.29 is 9.84 Å². The predicted octanol–water partition coefficient (Wildman–Crippen LogP) is 5.39. The molecule has 0 unspecified atom stereocenters. The van der Waals surface area contributed by atoms with Crippen LogP contribution in [0, 0.1) is 0 Å². The third kappa shape index (κ3) is 3.67. The van der Waals surface area contributed by atoms with Gasteiger partial charge in [0.15, 0.2) is 0 Å². The molecule has 1 atom stereocenters. The molecule has 0 aromatic heterocycles. The second kappa shape index (κ2) is 6.81. The fourth-order valence-corrected chi connectivity index (χ4v) is 2.65. The van der Waals surface area contributed by atoms with Crippen LogP contribution in [0.15, 0.2) is 40.9 Å². The molecular formula is C15H13BrCl2O2. The monoisotopic (exact) mass is 374 g/mol. The molecule has 2 aromatic carbocycles. The standard InChI is InChI=1S/C15H13BrCl2O2/c1-9(19)11-6-5-10(16)7-15(11)20-8-12-13(17)3-2-4-14(12)18/h2-7,9,19H,8H2,1H3/t9-/m0/s1. The minimum atomic E-state index is -0.611. The van der Waals surface area contributed by atoms with Crippen molar-refractivity contribution in [2.24, 2.45) is 0 Å². The van der Waals surface area contributed by atoms with Crippen LogP contribution in [0.25, 0.3) is 0 Å². The van der Waals surface area contributed by atoms with E-state index in [1.807, 2.05) is 18.2 Å². The van der Waals surface area contributed by atoms with Gasteiger partial charge in [-0.25, -0.2) is 0 Å². The first-order chi connectivity index (χ1) is 9.49. The van der Waals surface area contributed by atoms with E-state index in [9.17, 15) is 5.11 Å². The lowest BCUT2D eigenvalue weighted by molar-refractivity contribution is 0.190. The summed E-state index contributed by atoms with van der Waals surface area (Å²) in [5.74, 6) is 0.602. The van der Waals surface area contributed by atoms with Gasteiger partial charge in [0, 0.05) is 25.6 Å². The van der Waals surface area contributed by atoms with Gasteiger partial charge in [-0.3, -0.25) is 0 Å². The summed E-state index contributed by atoms with van der Waals surface area (Å²) in [6, 6.07) is 10.8. The number of rotatable bonds is 4. The summed E-state index contributed by atoms with van der Waals surface area (Å²) in [5.41, 5.74) is 1.45. The van der Waals surface area contributed by atoms with Crippen LogP contribution in [0.2, 0.25) is 10.0 Å². The third-order valence-electron chi connectivity index (χ3n) is 2.86. The van der Waals surface area contributed by atoms with Crippen molar-refractivity contribution >= 4 is 39.1 Å². The zero-order valence-corrected chi connectivity index (χ0v) is 13.8. The molecule has 2 nitrogen and oxygen atoms in total. The highest BCUT2D eigenvalue weighted by atomic mass is 79.9. The topological polar surface area (TPSA) is 29.5 Å². The number of benzene rings is 2. The van der Waals surface area contributed by atoms with Crippen LogP contribution in [-0.4, -0.2) is 5.11 Å². The van der Waals surface area contributed by atoms with Gasteiger partial charge in [0.2, 0.25) is 0 Å². The second-order valence-corrected chi connectivity index (χ2v) is 6.08. The van der Waals surface area contributed by atoms with Gasteiger partial charge < -0.3 is 9.84 Å². The van der Waals surface area contributed by atoms with Gasteiger partial charge in [-0.1, -0.05) is 51.3 Å². The molecule has 0 saturated carbocycles. The number of aliphatic hydroxyl groups is 1. The average molecular weight is 376 g/mol.